The summed E-state index contributed by atoms with van der Waals surface area (Å²) < 4.78 is 0. The summed E-state index contributed by atoms with van der Waals surface area (Å²) in [4.78, 5) is 11.9. The largest absolute Gasteiger partial charge is 0.465 e. The normalized spacial score (nSPS) is 9.00. The number of rotatable bonds is 4. The van der Waals surface area contributed by atoms with Crippen molar-refractivity contribution in [1.82, 2.24) is 4.90 Å². The molecule has 5 nitrogen and oxygen atoms in total. The smallest absolute Gasteiger partial charge is 0.408 e. The molecule has 0 fully saturated rings. The van der Waals surface area contributed by atoms with E-state index in [9.17, 15) is 4.79 Å². The Morgan fingerprint density at radius 1 is 1.38 bits per heavy atom. The first-order chi connectivity index (χ1) is 7.09. The van der Waals surface area contributed by atoms with Crippen LogP contribution < -0.4 is 5.73 Å². The fourth-order valence-corrected chi connectivity index (χ4v) is 1.20. The number of halogens is 1. The first-order valence-corrected chi connectivity index (χ1v) is 4.44. The molecule has 0 spiro atoms. The summed E-state index contributed by atoms with van der Waals surface area (Å²) in [5.74, 6) is -0.159. The highest BCUT2D eigenvalue weighted by molar-refractivity contribution is 5.85. The second-order valence-corrected chi connectivity index (χ2v) is 3.15. The fourth-order valence-electron chi connectivity index (χ4n) is 1.20. The third-order valence-electron chi connectivity index (χ3n) is 1.85. The lowest BCUT2D eigenvalue weighted by atomic mass is 10.2. The summed E-state index contributed by atoms with van der Waals surface area (Å²) >= 11 is 0. The maximum atomic E-state index is 10.8. The molecule has 1 rings (SSSR count). The van der Waals surface area contributed by atoms with Crippen LogP contribution in [0.25, 0.3) is 0 Å². The SMILES string of the molecule is Cl.N=C(N)CN(Cc1ccccc1)C(=O)O. The van der Waals surface area contributed by atoms with Crippen molar-refractivity contribution in [2.45, 2.75) is 6.54 Å². The molecule has 0 aliphatic carbocycles. The van der Waals surface area contributed by atoms with Gasteiger partial charge in [-0.2, -0.15) is 0 Å². The van der Waals surface area contributed by atoms with Gasteiger partial charge >= 0.3 is 6.09 Å². The zero-order valence-electron chi connectivity index (χ0n) is 8.59. The van der Waals surface area contributed by atoms with Crippen LogP contribution in [0.3, 0.4) is 0 Å². The molecule has 1 aromatic rings. The van der Waals surface area contributed by atoms with Crippen molar-refractivity contribution in [3.63, 3.8) is 0 Å². The molecule has 4 N–H and O–H groups in total. The van der Waals surface area contributed by atoms with Crippen LogP contribution in [0, 0.1) is 5.41 Å². The van der Waals surface area contributed by atoms with Gasteiger partial charge in [0.1, 0.15) is 5.84 Å². The van der Waals surface area contributed by atoms with E-state index in [1.54, 1.807) is 0 Å². The molecule has 88 valence electrons. The predicted octanol–water partition coefficient (Wildman–Crippen LogP) is 1.52. The molecule has 0 saturated carbocycles. The summed E-state index contributed by atoms with van der Waals surface area (Å²) in [6.07, 6.45) is -1.07. The summed E-state index contributed by atoms with van der Waals surface area (Å²) in [5, 5.41) is 15.9. The fraction of sp³-hybridized carbons (Fsp3) is 0.200. The van der Waals surface area contributed by atoms with E-state index in [4.69, 9.17) is 16.2 Å². The number of benzene rings is 1. The predicted molar refractivity (Wildman–Crippen MR) is 64.0 cm³/mol. The molecule has 1 amide bonds. The minimum Gasteiger partial charge on any atom is -0.465 e. The molecule has 0 aliphatic rings. The number of hydrogen-bond donors (Lipinski definition) is 3. The van der Waals surface area contributed by atoms with Crippen molar-refractivity contribution in [2.24, 2.45) is 5.73 Å². The van der Waals surface area contributed by atoms with Crippen LogP contribution in [-0.4, -0.2) is 28.5 Å². The molecule has 1 aromatic carbocycles. The Labute approximate surface area is 99.8 Å². The van der Waals surface area contributed by atoms with E-state index in [0.29, 0.717) is 0 Å². The average Bonchev–Trinajstić information content (AvgIpc) is 2.17. The Hall–Kier alpha value is -1.75. The van der Waals surface area contributed by atoms with Gasteiger partial charge < -0.3 is 10.8 Å². The number of carbonyl (C=O) groups is 1. The number of hydrogen-bond acceptors (Lipinski definition) is 2. The van der Waals surface area contributed by atoms with Crippen molar-refractivity contribution in [3.8, 4) is 0 Å². The zero-order valence-corrected chi connectivity index (χ0v) is 9.41. The number of carboxylic acid groups (broad SMARTS) is 1. The lowest BCUT2D eigenvalue weighted by molar-refractivity contribution is 0.149. The van der Waals surface area contributed by atoms with Crippen molar-refractivity contribution >= 4 is 24.3 Å². The van der Waals surface area contributed by atoms with Gasteiger partial charge in [0.05, 0.1) is 6.54 Å². The van der Waals surface area contributed by atoms with Gasteiger partial charge in [-0.15, -0.1) is 12.4 Å². The Morgan fingerprint density at radius 2 is 1.94 bits per heavy atom. The Balaban J connectivity index is 0.00000225. The number of nitrogens with one attached hydrogen (secondary N) is 1. The quantitative estimate of drug-likeness (QED) is 0.553. The summed E-state index contributed by atoms with van der Waals surface area (Å²) in [6.45, 7) is 0.181. The third kappa shape index (κ3) is 4.65. The molecule has 0 atom stereocenters. The van der Waals surface area contributed by atoms with E-state index in [-0.39, 0.29) is 31.3 Å². The van der Waals surface area contributed by atoms with E-state index < -0.39 is 6.09 Å². The molecule has 0 radical (unpaired) electrons. The molecule has 0 unspecified atom stereocenters. The first-order valence-electron chi connectivity index (χ1n) is 4.44. The summed E-state index contributed by atoms with van der Waals surface area (Å²) in [7, 11) is 0. The highest BCUT2D eigenvalue weighted by atomic mass is 35.5. The molecule has 0 aromatic heterocycles. The molecule has 16 heavy (non-hydrogen) atoms. The third-order valence-corrected chi connectivity index (χ3v) is 1.85. The van der Waals surface area contributed by atoms with Gasteiger partial charge in [-0.05, 0) is 5.56 Å². The molecule has 0 aliphatic heterocycles. The van der Waals surface area contributed by atoms with E-state index in [1.165, 1.54) is 0 Å². The monoisotopic (exact) mass is 243 g/mol. The standard InChI is InChI=1S/C10H13N3O2.ClH/c11-9(12)7-13(10(14)15)6-8-4-2-1-3-5-8;/h1-5H,6-7H2,(H3,11,12)(H,14,15);1H. The maximum absolute atomic E-state index is 10.8. The zero-order chi connectivity index (χ0) is 11.3. The molecular weight excluding hydrogens is 230 g/mol. The van der Waals surface area contributed by atoms with Gasteiger partial charge in [-0.25, -0.2) is 4.79 Å². The Morgan fingerprint density at radius 3 is 2.38 bits per heavy atom. The topological polar surface area (TPSA) is 90.4 Å². The summed E-state index contributed by atoms with van der Waals surface area (Å²) in [5.41, 5.74) is 6.04. The van der Waals surface area contributed by atoms with Crippen LogP contribution in [0.15, 0.2) is 30.3 Å². The molecule has 0 heterocycles. The van der Waals surface area contributed by atoms with Gasteiger partial charge in [0, 0.05) is 6.54 Å². The lowest BCUT2D eigenvalue weighted by Gasteiger charge is -2.18. The van der Waals surface area contributed by atoms with Crippen LogP contribution in [0.1, 0.15) is 5.56 Å². The van der Waals surface area contributed by atoms with Gasteiger partial charge in [0.15, 0.2) is 0 Å². The van der Waals surface area contributed by atoms with Crippen LogP contribution in [-0.2, 0) is 6.54 Å². The highest BCUT2D eigenvalue weighted by Crippen LogP contribution is 2.04. The van der Waals surface area contributed by atoms with E-state index >= 15 is 0 Å². The van der Waals surface area contributed by atoms with E-state index in [1.807, 2.05) is 30.3 Å². The number of amides is 1. The van der Waals surface area contributed by atoms with Crippen LogP contribution in [0.5, 0.6) is 0 Å². The number of nitrogens with zero attached hydrogens (tertiary/aromatic N) is 1. The van der Waals surface area contributed by atoms with Crippen LogP contribution in [0.4, 0.5) is 4.79 Å². The lowest BCUT2D eigenvalue weighted by Crippen LogP contribution is -2.36. The van der Waals surface area contributed by atoms with Gasteiger partial charge in [-0.3, -0.25) is 10.3 Å². The molecule has 0 saturated heterocycles. The van der Waals surface area contributed by atoms with E-state index in [2.05, 4.69) is 0 Å². The Bertz CT molecular complexity index is 356. The number of amidine groups is 1. The first kappa shape index (κ1) is 14.2. The minimum atomic E-state index is -1.07. The second kappa shape index (κ2) is 6.68. The van der Waals surface area contributed by atoms with Crippen molar-refractivity contribution in [3.05, 3.63) is 35.9 Å². The van der Waals surface area contributed by atoms with Gasteiger partial charge in [0.25, 0.3) is 0 Å². The van der Waals surface area contributed by atoms with Crippen LogP contribution in [0.2, 0.25) is 0 Å². The van der Waals surface area contributed by atoms with Crippen molar-refractivity contribution < 1.29 is 9.90 Å². The highest BCUT2D eigenvalue weighted by Gasteiger charge is 2.12. The Kier molecular flexibility index (Phi) is 5.95. The van der Waals surface area contributed by atoms with Gasteiger partial charge in [-0.1, -0.05) is 30.3 Å². The second-order valence-electron chi connectivity index (χ2n) is 3.15. The van der Waals surface area contributed by atoms with Crippen molar-refractivity contribution in [1.29, 1.82) is 5.41 Å². The average molecular weight is 244 g/mol. The molecular formula is C10H14ClN3O2. The minimum absolute atomic E-state index is 0. The van der Waals surface area contributed by atoms with Crippen molar-refractivity contribution in [2.75, 3.05) is 6.54 Å². The number of nitrogens with two attached hydrogens (primary N) is 1. The van der Waals surface area contributed by atoms with Crippen LogP contribution >= 0.6 is 12.4 Å². The summed E-state index contributed by atoms with van der Waals surface area (Å²) in [6, 6.07) is 9.19. The molecule has 6 heteroatoms. The maximum Gasteiger partial charge on any atom is 0.408 e. The van der Waals surface area contributed by atoms with Gasteiger partial charge in [0.2, 0.25) is 0 Å². The van der Waals surface area contributed by atoms with E-state index in [0.717, 1.165) is 10.5 Å². The molecule has 0 bridgehead atoms.